The van der Waals surface area contributed by atoms with Crippen LogP contribution in [0.4, 0.5) is 4.39 Å². The normalized spacial score (nSPS) is 15.2. The number of rotatable bonds is 3. The molecule has 4 heteroatoms. The Morgan fingerprint density at radius 1 is 1.41 bits per heavy atom. The minimum absolute atomic E-state index is 0.184. The zero-order valence-corrected chi connectivity index (χ0v) is 9.73. The Hall–Kier alpha value is -1.71. The molecule has 2 aromatic heterocycles. The smallest absolute Gasteiger partial charge is 0.130 e. The number of hydrogen-bond donors (Lipinski definition) is 0. The first-order chi connectivity index (χ1) is 8.28. The third kappa shape index (κ3) is 1.95. The van der Waals surface area contributed by atoms with E-state index in [0.29, 0.717) is 23.7 Å². The predicted octanol–water partition coefficient (Wildman–Crippen LogP) is 2.98. The van der Waals surface area contributed by atoms with Crippen LogP contribution in [0.5, 0.6) is 0 Å². The van der Waals surface area contributed by atoms with Crippen LogP contribution in [0.25, 0.3) is 11.3 Å². The second kappa shape index (κ2) is 3.95. The highest BCUT2D eigenvalue weighted by molar-refractivity contribution is 5.57. The zero-order chi connectivity index (χ0) is 11.8. The van der Waals surface area contributed by atoms with E-state index in [4.69, 9.17) is 0 Å². The molecule has 0 aromatic carbocycles. The molecule has 0 spiro atoms. The summed E-state index contributed by atoms with van der Waals surface area (Å²) in [4.78, 5) is 4.28. The molecule has 0 amide bonds. The van der Waals surface area contributed by atoms with E-state index in [9.17, 15) is 4.39 Å². The average molecular weight is 231 g/mol. The van der Waals surface area contributed by atoms with Crippen LogP contribution in [-0.2, 0) is 6.42 Å². The van der Waals surface area contributed by atoms with Gasteiger partial charge in [-0.25, -0.2) is 4.39 Å². The van der Waals surface area contributed by atoms with Gasteiger partial charge in [0.1, 0.15) is 5.82 Å². The largest absolute Gasteiger partial charge is 0.269 e. The molecule has 1 fully saturated rings. The van der Waals surface area contributed by atoms with Crippen LogP contribution in [0, 0.1) is 5.82 Å². The molecule has 3 rings (SSSR count). The lowest BCUT2D eigenvalue weighted by Gasteiger charge is -2.01. The molecule has 3 nitrogen and oxygen atoms in total. The maximum Gasteiger partial charge on any atom is 0.130 e. The lowest BCUT2D eigenvalue weighted by molar-refractivity contribution is 0.610. The zero-order valence-electron chi connectivity index (χ0n) is 9.73. The van der Waals surface area contributed by atoms with Gasteiger partial charge in [-0.15, -0.1) is 0 Å². The van der Waals surface area contributed by atoms with E-state index in [-0.39, 0.29) is 5.82 Å². The van der Waals surface area contributed by atoms with Gasteiger partial charge in [-0.3, -0.25) is 9.67 Å². The molecule has 0 bridgehead atoms. The molecule has 2 heterocycles. The highest BCUT2D eigenvalue weighted by atomic mass is 19.1. The first-order valence-corrected chi connectivity index (χ1v) is 5.97. The van der Waals surface area contributed by atoms with Crippen molar-refractivity contribution in [2.75, 3.05) is 0 Å². The fourth-order valence-corrected chi connectivity index (χ4v) is 1.89. The van der Waals surface area contributed by atoms with Gasteiger partial charge in [0, 0.05) is 29.6 Å². The summed E-state index contributed by atoms with van der Waals surface area (Å²) < 4.78 is 15.6. The molecule has 1 aliphatic rings. The van der Waals surface area contributed by atoms with Gasteiger partial charge < -0.3 is 0 Å². The molecule has 0 N–H and O–H groups in total. The number of hydrogen-bond acceptors (Lipinski definition) is 2. The summed E-state index contributed by atoms with van der Waals surface area (Å²) in [5.74, 6) is -0.184. The number of aromatic nitrogens is 3. The summed E-state index contributed by atoms with van der Waals surface area (Å²) in [5.41, 5.74) is 2.20. The van der Waals surface area contributed by atoms with Gasteiger partial charge in [-0.1, -0.05) is 6.92 Å². The second-order valence-corrected chi connectivity index (χ2v) is 4.45. The Labute approximate surface area is 99.3 Å². The van der Waals surface area contributed by atoms with Crippen molar-refractivity contribution in [2.45, 2.75) is 32.2 Å². The van der Waals surface area contributed by atoms with Crippen LogP contribution in [0.15, 0.2) is 24.7 Å². The van der Waals surface area contributed by atoms with E-state index >= 15 is 0 Å². The van der Waals surface area contributed by atoms with Crippen LogP contribution >= 0.6 is 0 Å². The minimum Gasteiger partial charge on any atom is -0.269 e. The van der Waals surface area contributed by atoms with E-state index in [1.807, 2.05) is 17.8 Å². The SMILES string of the molecule is CCc1cnc(-c2cnn(C3CC3)c2)cc1F. The predicted molar refractivity (Wildman–Crippen MR) is 63.1 cm³/mol. The maximum atomic E-state index is 13.6. The van der Waals surface area contributed by atoms with Crippen LogP contribution in [-0.4, -0.2) is 14.8 Å². The molecule has 0 unspecified atom stereocenters. The molecule has 1 saturated carbocycles. The highest BCUT2D eigenvalue weighted by Gasteiger charge is 2.24. The molecular weight excluding hydrogens is 217 g/mol. The summed E-state index contributed by atoms with van der Waals surface area (Å²) in [5, 5.41) is 4.28. The first kappa shape index (κ1) is 10.4. The fourth-order valence-electron chi connectivity index (χ4n) is 1.89. The number of aryl methyl sites for hydroxylation is 1. The number of nitrogens with zero attached hydrogens (tertiary/aromatic N) is 3. The van der Waals surface area contributed by atoms with Crippen molar-refractivity contribution in [1.82, 2.24) is 14.8 Å². The summed E-state index contributed by atoms with van der Waals surface area (Å²) in [6.45, 7) is 1.92. The molecule has 1 aliphatic carbocycles. The van der Waals surface area contributed by atoms with Gasteiger partial charge in [0.15, 0.2) is 0 Å². The minimum atomic E-state index is -0.184. The van der Waals surface area contributed by atoms with Crippen LogP contribution in [0.3, 0.4) is 0 Å². The van der Waals surface area contributed by atoms with E-state index in [2.05, 4.69) is 10.1 Å². The highest BCUT2D eigenvalue weighted by Crippen LogP contribution is 2.35. The summed E-state index contributed by atoms with van der Waals surface area (Å²) >= 11 is 0. The van der Waals surface area contributed by atoms with Crippen molar-refractivity contribution in [3.05, 3.63) is 36.0 Å². The Morgan fingerprint density at radius 3 is 2.88 bits per heavy atom. The first-order valence-electron chi connectivity index (χ1n) is 5.97. The van der Waals surface area contributed by atoms with E-state index < -0.39 is 0 Å². The van der Waals surface area contributed by atoms with Crippen molar-refractivity contribution in [2.24, 2.45) is 0 Å². The Kier molecular flexibility index (Phi) is 2.42. The summed E-state index contributed by atoms with van der Waals surface area (Å²) in [6.07, 6.45) is 8.37. The van der Waals surface area contributed by atoms with Gasteiger partial charge >= 0.3 is 0 Å². The molecule has 0 radical (unpaired) electrons. The second-order valence-electron chi connectivity index (χ2n) is 4.45. The van der Waals surface area contributed by atoms with Crippen molar-refractivity contribution < 1.29 is 4.39 Å². The van der Waals surface area contributed by atoms with Crippen molar-refractivity contribution >= 4 is 0 Å². The summed E-state index contributed by atoms with van der Waals surface area (Å²) in [6, 6.07) is 2.04. The molecule has 0 aliphatic heterocycles. The lowest BCUT2D eigenvalue weighted by atomic mass is 10.1. The Morgan fingerprint density at radius 2 is 2.24 bits per heavy atom. The van der Waals surface area contributed by atoms with Crippen molar-refractivity contribution in [3.8, 4) is 11.3 Å². The number of pyridine rings is 1. The number of halogens is 1. The van der Waals surface area contributed by atoms with Crippen LogP contribution in [0.2, 0.25) is 0 Å². The van der Waals surface area contributed by atoms with Crippen molar-refractivity contribution in [1.29, 1.82) is 0 Å². The fraction of sp³-hybridized carbons (Fsp3) is 0.385. The Balaban J connectivity index is 1.93. The standard InChI is InChI=1S/C13H14FN3/c1-2-9-6-15-13(5-12(9)14)10-7-16-17(8-10)11-3-4-11/h5-8,11H,2-4H2,1H3. The van der Waals surface area contributed by atoms with E-state index in [0.717, 1.165) is 5.56 Å². The van der Waals surface area contributed by atoms with Gasteiger partial charge in [0.2, 0.25) is 0 Å². The quantitative estimate of drug-likeness (QED) is 0.813. The molecule has 0 atom stereocenters. The molecule has 17 heavy (non-hydrogen) atoms. The van der Waals surface area contributed by atoms with E-state index in [1.165, 1.54) is 18.9 Å². The van der Waals surface area contributed by atoms with E-state index in [1.54, 1.807) is 12.4 Å². The Bertz CT molecular complexity index is 543. The molecule has 0 saturated heterocycles. The maximum absolute atomic E-state index is 13.6. The molecular formula is C13H14FN3. The molecule has 2 aromatic rings. The van der Waals surface area contributed by atoms with Gasteiger partial charge in [0.25, 0.3) is 0 Å². The molecule has 88 valence electrons. The third-order valence-corrected chi connectivity index (χ3v) is 3.13. The average Bonchev–Trinajstić information content (AvgIpc) is 3.07. The third-order valence-electron chi connectivity index (χ3n) is 3.13. The topological polar surface area (TPSA) is 30.7 Å². The van der Waals surface area contributed by atoms with Gasteiger partial charge in [0.05, 0.1) is 17.9 Å². The lowest BCUT2D eigenvalue weighted by Crippen LogP contribution is -1.93. The van der Waals surface area contributed by atoms with Crippen LogP contribution in [0.1, 0.15) is 31.4 Å². The monoisotopic (exact) mass is 231 g/mol. The van der Waals surface area contributed by atoms with Crippen LogP contribution < -0.4 is 0 Å². The van der Waals surface area contributed by atoms with Crippen molar-refractivity contribution in [3.63, 3.8) is 0 Å². The van der Waals surface area contributed by atoms with Gasteiger partial charge in [-0.05, 0) is 19.3 Å². The van der Waals surface area contributed by atoms with Gasteiger partial charge in [-0.2, -0.15) is 5.10 Å². The summed E-state index contributed by atoms with van der Waals surface area (Å²) in [7, 11) is 0.